The minimum absolute atomic E-state index is 0.106. The predicted molar refractivity (Wildman–Crippen MR) is 404 cm³/mol. The second-order valence-corrected chi connectivity index (χ2v) is 33.6. The Kier molecular flexibility index (Phi) is 67.8. The first-order chi connectivity index (χ1) is 47.6. The van der Waals surface area contributed by atoms with Crippen molar-refractivity contribution in [2.45, 2.75) is 427 Å². The third kappa shape index (κ3) is 74.1. The summed E-state index contributed by atoms with van der Waals surface area (Å²) in [6.45, 7) is 14.2. The van der Waals surface area contributed by atoms with Gasteiger partial charge in [0.15, 0.2) is 12.2 Å². The van der Waals surface area contributed by atoms with Crippen molar-refractivity contribution in [2.75, 3.05) is 39.6 Å². The molecule has 5 atom stereocenters. The van der Waals surface area contributed by atoms with Gasteiger partial charge in [0.25, 0.3) is 0 Å². The number of hydrogen-bond donors (Lipinski definition) is 3. The maximum atomic E-state index is 13.1. The van der Waals surface area contributed by atoms with Crippen LogP contribution in [-0.4, -0.2) is 96.7 Å². The van der Waals surface area contributed by atoms with Gasteiger partial charge in [-0.05, 0) is 49.4 Å². The standard InChI is InChI=1S/C80H156O17P2/c1-70(2)56-48-40-32-26-20-14-10-9-11-16-23-29-35-44-52-60-77(82)90-66-75(96-79(84)62-54-46-36-30-24-17-13-12-15-21-27-33-41-49-57-71(3)4)68-94-98(86,87)92-64-74(81)65-93-99(88,89)95-69-76(67-91-78(83)61-53-45-39-38-43-51-59-73(7)8)97-80(85)63-55-47-37-31-25-19-18-22-28-34-42-50-58-72(5)6/h70-76,81H,9-69H2,1-8H3,(H,86,87)(H,88,89)/t74-,75-,76-/m1/s1. The molecule has 0 fully saturated rings. The number of rotatable bonds is 77. The van der Waals surface area contributed by atoms with E-state index in [0.717, 1.165) is 114 Å². The number of carbonyl (C=O) groups excluding carboxylic acids is 4. The average molecular weight is 1450 g/mol. The average Bonchev–Trinajstić information content (AvgIpc) is 0.973. The van der Waals surface area contributed by atoms with Crippen LogP contribution < -0.4 is 0 Å². The van der Waals surface area contributed by atoms with Crippen LogP contribution >= 0.6 is 15.6 Å². The molecule has 0 aromatic carbocycles. The van der Waals surface area contributed by atoms with Gasteiger partial charge in [-0.15, -0.1) is 0 Å². The molecule has 0 aromatic heterocycles. The van der Waals surface area contributed by atoms with Crippen molar-refractivity contribution in [1.29, 1.82) is 0 Å². The van der Waals surface area contributed by atoms with Crippen molar-refractivity contribution in [1.82, 2.24) is 0 Å². The number of aliphatic hydroxyl groups excluding tert-OH is 1. The van der Waals surface area contributed by atoms with Crippen molar-refractivity contribution in [3.05, 3.63) is 0 Å². The number of aliphatic hydroxyl groups is 1. The quantitative estimate of drug-likeness (QED) is 0.0222. The third-order valence-electron chi connectivity index (χ3n) is 18.6. The largest absolute Gasteiger partial charge is 0.472 e. The molecular weight excluding hydrogens is 1290 g/mol. The Morgan fingerprint density at radius 2 is 0.424 bits per heavy atom. The first-order valence-corrected chi connectivity index (χ1v) is 44.2. The van der Waals surface area contributed by atoms with Gasteiger partial charge in [0.05, 0.1) is 26.4 Å². The Labute approximate surface area is 607 Å². The van der Waals surface area contributed by atoms with E-state index in [2.05, 4.69) is 55.4 Å². The van der Waals surface area contributed by atoms with E-state index in [9.17, 15) is 43.2 Å². The molecule has 0 rings (SSSR count). The van der Waals surface area contributed by atoms with Crippen molar-refractivity contribution in [3.63, 3.8) is 0 Å². The molecule has 99 heavy (non-hydrogen) atoms. The maximum Gasteiger partial charge on any atom is 0.472 e. The lowest BCUT2D eigenvalue weighted by Gasteiger charge is -2.21. The first-order valence-electron chi connectivity index (χ1n) is 41.2. The van der Waals surface area contributed by atoms with Gasteiger partial charge in [0.2, 0.25) is 0 Å². The Hall–Kier alpha value is -1.94. The molecule has 2 unspecified atom stereocenters. The summed E-state index contributed by atoms with van der Waals surface area (Å²) in [5, 5.41) is 10.6. The van der Waals surface area contributed by atoms with Gasteiger partial charge >= 0.3 is 39.5 Å². The molecular formula is C80H156O17P2. The van der Waals surface area contributed by atoms with Gasteiger partial charge in [0.1, 0.15) is 19.3 Å². The van der Waals surface area contributed by atoms with E-state index in [0.29, 0.717) is 31.6 Å². The molecule has 0 amide bonds. The van der Waals surface area contributed by atoms with E-state index < -0.39 is 97.5 Å². The SMILES string of the molecule is CC(C)CCCCCCCCCCCCCCCCCC(=O)OC[C@H](COP(=O)(O)OC[C@@H](O)COP(=O)(O)OC[C@@H](COC(=O)CCCCCCCCC(C)C)OC(=O)CCCCCCCCCCCCCCC(C)C)OC(=O)CCCCCCCCCCCCCCCCC(C)C. The van der Waals surface area contributed by atoms with Crippen LogP contribution in [0.25, 0.3) is 0 Å². The highest BCUT2D eigenvalue weighted by atomic mass is 31.2. The second kappa shape index (κ2) is 69.1. The number of esters is 4. The molecule has 0 saturated heterocycles. The highest BCUT2D eigenvalue weighted by molar-refractivity contribution is 7.47. The van der Waals surface area contributed by atoms with E-state index in [1.165, 1.54) is 205 Å². The molecule has 0 radical (unpaired) electrons. The van der Waals surface area contributed by atoms with E-state index in [1.807, 2.05) is 0 Å². The van der Waals surface area contributed by atoms with E-state index in [-0.39, 0.29) is 25.7 Å². The molecule has 0 saturated carbocycles. The lowest BCUT2D eigenvalue weighted by molar-refractivity contribution is -0.161. The third-order valence-corrected chi connectivity index (χ3v) is 20.5. The highest BCUT2D eigenvalue weighted by Gasteiger charge is 2.30. The minimum atomic E-state index is -4.96. The zero-order valence-electron chi connectivity index (χ0n) is 65.1. The molecule has 588 valence electrons. The number of phosphoric acid groups is 2. The van der Waals surface area contributed by atoms with Crippen LogP contribution in [0, 0.1) is 23.7 Å². The lowest BCUT2D eigenvalue weighted by atomic mass is 10.0. The van der Waals surface area contributed by atoms with E-state index in [4.69, 9.17) is 37.0 Å². The molecule has 17 nitrogen and oxygen atoms in total. The zero-order valence-corrected chi connectivity index (χ0v) is 66.9. The minimum Gasteiger partial charge on any atom is -0.462 e. The summed E-state index contributed by atoms with van der Waals surface area (Å²) in [5.41, 5.74) is 0. The molecule has 0 aromatic rings. The Balaban J connectivity index is 5.23. The molecule has 3 N–H and O–H groups in total. The Morgan fingerprint density at radius 1 is 0.253 bits per heavy atom. The number of hydrogen-bond acceptors (Lipinski definition) is 15. The number of ether oxygens (including phenoxy) is 4. The van der Waals surface area contributed by atoms with Gasteiger partial charge < -0.3 is 33.8 Å². The summed E-state index contributed by atoms with van der Waals surface area (Å²) in [4.78, 5) is 73.0. The predicted octanol–water partition coefficient (Wildman–Crippen LogP) is 23.6. The molecule has 0 aliphatic rings. The normalized spacial score (nSPS) is 14.1. The Morgan fingerprint density at radius 3 is 0.626 bits per heavy atom. The van der Waals surface area contributed by atoms with Crippen molar-refractivity contribution < 1.29 is 80.2 Å². The number of phosphoric ester groups is 2. The Bertz CT molecular complexity index is 1940. The van der Waals surface area contributed by atoms with Crippen molar-refractivity contribution in [3.8, 4) is 0 Å². The lowest BCUT2D eigenvalue weighted by Crippen LogP contribution is -2.30. The molecule has 0 heterocycles. The van der Waals surface area contributed by atoms with E-state index >= 15 is 0 Å². The molecule has 0 bridgehead atoms. The topological polar surface area (TPSA) is 237 Å². The van der Waals surface area contributed by atoms with Gasteiger partial charge in [-0.3, -0.25) is 37.3 Å². The fourth-order valence-electron chi connectivity index (χ4n) is 12.3. The van der Waals surface area contributed by atoms with Crippen molar-refractivity contribution >= 4 is 39.5 Å². The highest BCUT2D eigenvalue weighted by Crippen LogP contribution is 2.45. The van der Waals surface area contributed by atoms with Crippen LogP contribution in [0.1, 0.15) is 409 Å². The van der Waals surface area contributed by atoms with E-state index in [1.54, 1.807) is 0 Å². The van der Waals surface area contributed by atoms with Crippen LogP contribution in [0.3, 0.4) is 0 Å². The maximum absolute atomic E-state index is 13.1. The van der Waals surface area contributed by atoms with Crippen LogP contribution in [-0.2, 0) is 65.4 Å². The summed E-state index contributed by atoms with van der Waals surface area (Å²) in [6.07, 6.45) is 55.6. The van der Waals surface area contributed by atoms with Gasteiger partial charge in [0, 0.05) is 25.7 Å². The zero-order chi connectivity index (χ0) is 73.1. The first kappa shape index (κ1) is 97.1. The van der Waals surface area contributed by atoms with Crippen LogP contribution in [0.15, 0.2) is 0 Å². The molecule has 19 heteroatoms. The summed E-state index contributed by atoms with van der Waals surface area (Å²) in [6, 6.07) is 0. The van der Waals surface area contributed by atoms with Gasteiger partial charge in [-0.1, -0.05) is 357 Å². The number of unbranched alkanes of at least 4 members (excludes halogenated alkanes) is 43. The van der Waals surface area contributed by atoms with Crippen LogP contribution in [0.5, 0.6) is 0 Å². The monoisotopic (exact) mass is 1450 g/mol. The molecule has 0 aliphatic carbocycles. The summed E-state index contributed by atoms with van der Waals surface area (Å²) < 4.78 is 68.7. The van der Waals surface area contributed by atoms with Crippen molar-refractivity contribution in [2.24, 2.45) is 23.7 Å². The van der Waals surface area contributed by atoms with Crippen LogP contribution in [0.4, 0.5) is 0 Å². The summed E-state index contributed by atoms with van der Waals surface area (Å²) in [5.74, 6) is 0.941. The summed E-state index contributed by atoms with van der Waals surface area (Å²) in [7, 11) is -9.92. The molecule has 0 spiro atoms. The summed E-state index contributed by atoms with van der Waals surface area (Å²) >= 11 is 0. The fraction of sp³-hybridized carbons (Fsp3) is 0.950. The second-order valence-electron chi connectivity index (χ2n) is 30.7. The van der Waals surface area contributed by atoms with Crippen LogP contribution in [0.2, 0.25) is 0 Å². The van der Waals surface area contributed by atoms with Gasteiger partial charge in [-0.2, -0.15) is 0 Å². The molecule has 0 aliphatic heterocycles. The fourth-order valence-corrected chi connectivity index (χ4v) is 13.8. The smallest absolute Gasteiger partial charge is 0.462 e. The van der Waals surface area contributed by atoms with Gasteiger partial charge in [-0.25, -0.2) is 9.13 Å². The number of carbonyl (C=O) groups is 4.